The van der Waals surface area contributed by atoms with Crippen LogP contribution >= 0.6 is 0 Å². The fraction of sp³-hybridized carbons (Fsp3) is 0.267. The van der Waals surface area contributed by atoms with Crippen LogP contribution in [0.5, 0.6) is 5.75 Å². The standard InChI is InChI=1S/C30H30N4O9S/c1-2-44(38,39)30(31,27(35)41-18-21-6-4-3-5-7-21)16-20-8-14-24(15-9-20)40-19-25-17-34(29(37)42-25)23-12-10-22(11-13-23)26-32-28(36)43-33-26/h3-15,25H,2,16-19,31H2,1H3,(H,32,33,36). The number of cyclic esters (lactones) is 1. The summed E-state index contributed by atoms with van der Waals surface area (Å²) in [5, 5.41) is 3.64. The van der Waals surface area contributed by atoms with E-state index in [2.05, 4.69) is 14.7 Å². The number of carbonyl (C=O) groups is 2. The molecule has 2 unspecified atom stereocenters. The molecule has 1 fully saturated rings. The third kappa shape index (κ3) is 6.66. The number of rotatable bonds is 12. The number of sulfone groups is 1. The highest BCUT2D eigenvalue weighted by Gasteiger charge is 2.47. The lowest BCUT2D eigenvalue weighted by Gasteiger charge is -2.27. The monoisotopic (exact) mass is 622 g/mol. The quantitative estimate of drug-likeness (QED) is 0.221. The summed E-state index contributed by atoms with van der Waals surface area (Å²) in [6.45, 7) is 1.62. The van der Waals surface area contributed by atoms with E-state index in [4.69, 9.17) is 19.9 Å². The lowest BCUT2D eigenvalue weighted by Crippen LogP contribution is -2.57. The number of benzene rings is 3. The molecule has 4 aromatic rings. The molecule has 14 heteroatoms. The van der Waals surface area contributed by atoms with Crippen molar-refractivity contribution in [3.05, 3.63) is 101 Å². The minimum atomic E-state index is -4.04. The number of carbonyl (C=O) groups excluding carboxylic acids is 2. The largest absolute Gasteiger partial charge is 0.490 e. The van der Waals surface area contributed by atoms with E-state index < -0.39 is 38.6 Å². The summed E-state index contributed by atoms with van der Waals surface area (Å²) < 4.78 is 46.9. The Labute approximate surface area is 252 Å². The smallest absolute Gasteiger partial charge is 0.439 e. The van der Waals surface area contributed by atoms with Gasteiger partial charge in [-0.1, -0.05) is 54.5 Å². The number of hydrogen-bond donors (Lipinski definition) is 2. The molecule has 44 heavy (non-hydrogen) atoms. The van der Waals surface area contributed by atoms with Gasteiger partial charge in [-0.2, -0.15) is 0 Å². The number of esters is 1. The van der Waals surface area contributed by atoms with Gasteiger partial charge in [0.05, 0.1) is 6.54 Å². The molecule has 1 aromatic heterocycles. The minimum Gasteiger partial charge on any atom is -0.490 e. The summed E-state index contributed by atoms with van der Waals surface area (Å²) in [7, 11) is -4.04. The molecular weight excluding hydrogens is 592 g/mol. The Bertz CT molecular complexity index is 1770. The van der Waals surface area contributed by atoms with Crippen molar-refractivity contribution in [2.24, 2.45) is 5.73 Å². The highest BCUT2D eigenvalue weighted by molar-refractivity contribution is 7.93. The summed E-state index contributed by atoms with van der Waals surface area (Å²) in [6, 6.07) is 22.1. The van der Waals surface area contributed by atoms with Crippen LogP contribution in [0.25, 0.3) is 11.4 Å². The molecule has 0 aliphatic carbocycles. The van der Waals surface area contributed by atoms with Crippen LogP contribution in [0.15, 0.2) is 88.2 Å². The van der Waals surface area contributed by atoms with Crippen molar-refractivity contribution in [3.63, 3.8) is 0 Å². The van der Waals surface area contributed by atoms with Gasteiger partial charge in [0, 0.05) is 23.4 Å². The first kappa shape index (κ1) is 30.5. The maximum Gasteiger partial charge on any atom is 0.439 e. The summed E-state index contributed by atoms with van der Waals surface area (Å²) in [4.78, 5) is 38.3. The molecule has 1 saturated heterocycles. The molecular formula is C30H30N4O9S. The second-order valence-electron chi connectivity index (χ2n) is 10.1. The van der Waals surface area contributed by atoms with E-state index in [0.717, 1.165) is 0 Å². The first-order chi connectivity index (χ1) is 21.1. The lowest BCUT2D eigenvalue weighted by atomic mass is 10.1. The van der Waals surface area contributed by atoms with Gasteiger partial charge in [0.1, 0.15) is 19.0 Å². The molecule has 3 aromatic carbocycles. The van der Waals surface area contributed by atoms with E-state index in [1.54, 1.807) is 72.8 Å². The zero-order valence-corrected chi connectivity index (χ0v) is 24.5. The van der Waals surface area contributed by atoms with Gasteiger partial charge < -0.3 is 19.9 Å². The maximum atomic E-state index is 13.0. The summed E-state index contributed by atoms with van der Waals surface area (Å²) >= 11 is 0. The summed E-state index contributed by atoms with van der Waals surface area (Å²) in [5.41, 5.74) is 8.64. The van der Waals surface area contributed by atoms with Crippen molar-refractivity contribution in [1.82, 2.24) is 10.1 Å². The van der Waals surface area contributed by atoms with Gasteiger partial charge in [0.15, 0.2) is 21.8 Å². The number of nitrogens with two attached hydrogens (primary N) is 1. The number of amides is 1. The average molecular weight is 623 g/mol. The molecule has 2 atom stereocenters. The number of aromatic amines is 1. The molecule has 1 aliphatic rings. The van der Waals surface area contributed by atoms with Gasteiger partial charge in [-0.15, -0.1) is 0 Å². The number of ether oxygens (including phenoxy) is 3. The van der Waals surface area contributed by atoms with Crippen LogP contribution in [-0.2, 0) is 37.1 Å². The number of nitrogens with one attached hydrogen (secondary N) is 1. The number of hydrogen-bond acceptors (Lipinski definition) is 11. The molecule has 5 rings (SSSR count). The Morgan fingerprint density at radius 1 is 1.05 bits per heavy atom. The number of H-pyrrole nitrogens is 1. The van der Waals surface area contributed by atoms with Crippen molar-refractivity contribution in [1.29, 1.82) is 0 Å². The van der Waals surface area contributed by atoms with Crippen molar-refractivity contribution in [2.45, 2.75) is 30.9 Å². The fourth-order valence-corrected chi connectivity index (χ4v) is 5.80. The molecule has 0 bridgehead atoms. The third-order valence-corrected chi connectivity index (χ3v) is 9.27. The van der Waals surface area contributed by atoms with Crippen LogP contribution in [-0.4, -0.2) is 60.5 Å². The van der Waals surface area contributed by atoms with E-state index in [0.29, 0.717) is 28.1 Å². The highest BCUT2D eigenvalue weighted by atomic mass is 32.2. The fourth-order valence-electron chi connectivity index (χ4n) is 4.58. The van der Waals surface area contributed by atoms with Crippen LogP contribution in [0.3, 0.4) is 0 Å². The Morgan fingerprint density at radius 2 is 1.75 bits per heavy atom. The summed E-state index contributed by atoms with van der Waals surface area (Å²) in [5.74, 6) is -1.31. The molecule has 13 nitrogen and oxygen atoms in total. The normalized spacial score (nSPS) is 16.3. The first-order valence-corrected chi connectivity index (χ1v) is 15.3. The van der Waals surface area contributed by atoms with E-state index >= 15 is 0 Å². The molecule has 1 aliphatic heterocycles. The number of aromatic nitrogens is 2. The van der Waals surface area contributed by atoms with Crippen LogP contribution in [0.1, 0.15) is 18.1 Å². The topological polar surface area (TPSA) is 184 Å². The molecule has 0 radical (unpaired) electrons. The van der Waals surface area contributed by atoms with Crippen LogP contribution in [0.2, 0.25) is 0 Å². The van der Waals surface area contributed by atoms with Crippen molar-refractivity contribution < 1.29 is 36.7 Å². The van der Waals surface area contributed by atoms with E-state index in [-0.39, 0.29) is 37.8 Å². The Balaban J connectivity index is 1.18. The number of nitrogens with zero attached hydrogens (tertiary/aromatic N) is 2. The Kier molecular flexibility index (Phi) is 8.83. The lowest BCUT2D eigenvalue weighted by molar-refractivity contribution is -0.148. The van der Waals surface area contributed by atoms with E-state index in [1.807, 2.05) is 6.07 Å². The van der Waals surface area contributed by atoms with Gasteiger partial charge in [0.25, 0.3) is 0 Å². The number of anilines is 1. The molecule has 230 valence electrons. The summed E-state index contributed by atoms with van der Waals surface area (Å²) in [6.07, 6.45) is -1.38. The molecule has 3 N–H and O–H groups in total. The Morgan fingerprint density at radius 3 is 2.39 bits per heavy atom. The van der Waals surface area contributed by atoms with Gasteiger partial charge >= 0.3 is 17.8 Å². The molecule has 1 amide bonds. The van der Waals surface area contributed by atoms with Gasteiger partial charge in [-0.05, 0) is 47.5 Å². The van der Waals surface area contributed by atoms with Gasteiger partial charge in [-0.25, -0.2) is 22.8 Å². The zero-order valence-electron chi connectivity index (χ0n) is 23.7. The van der Waals surface area contributed by atoms with Gasteiger partial charge in [-0.3, -0.25) is 14.4 Å². The van der Waals surface area contributed by atoms with Crippen LogP contribution in [0.4, 0.5) is 10.5 Å². The zero-order chi connectivity index (χ0) is 31.3. The highest BCUT2D eigenvalue weighted by Crippen LogP contribution is 2.26. The predicted molar refractivity (Wildman–Crippen MR) is 158 cm³/mol. The van der Waals surface area contributed by atoms with Crippen LogP contribution < -0.4 is 21.1 Å². The molecule has 0 saturated carbocycles. The van der Waals surface area contributed by atoms with Crippen molar-refractivity contribution >= 4 is 27.6 Å². The molecule has 0 spiro atoms. The van der Waals surface area contributed by atoms with Gasteiger partial charge in [0.2, 0.25) is 4.87 Å². The minimum absolute atomic E-state index is 0.0662. The maximum absolute atomic E-state index is 13.0. The average Bonchev–Trinajstić information content (AvgIpc) is 3.64. The van der Waals surface area contributed by atoms with Crippen molar-refractivity contribution in [3.8, 4) is 17.1 Å². The third-order valence-electron chi connectivity index (χ3n) is 7.09. The van der Waals surface area contributed by atoms with Crippen molar-refractivity contribution in [2.75, 3.05) is 23.8 Å². The SMILES string of the molecule is CCS(=O)(=O)C(N)(Cc1ccc(OCC2CN(c3ccc(-c4noc(=O)[nH]4)cc3)C(=O)O2)cc1)C(=O)OCc1ccccc1. The van der Waals surface area contributed by atoms with E-state index in [1.165, 1.54) is 11.8 Å². The van der Waals surface area contributed by atoms with Crippen LogP contribution in [0, 0.1) is 0 Å². The first-order valence-electron chi connectivity index (χ1n) is 13.7. The van der Waals surface area contributed by atoms with E-state index in [9.17, 15) is 22.8 Å². The molecule has 2 heterocycles. The second-order valence-corrected chi connectivity index (χ2v) is 12.6. The second kappa shape index (κ2) is 12.7. The Hall–Kier alpha value is -4.95. The predicted octanol–water partition coefficient (Wildman–Crippen LogP) is 2.81.